The van der Waals surface area contributed by atoms with Crippen LogP contribution >= 0.6 is 0 Å². The first-order valence-corrected chi connectivity index (χ1v) is 10.0. The lowest BCUT2D eigenvalue weighted by molar-refractivity contribution is -0.206. The van der Waals surface area contributed by atoms with E-state index in [2.05, 4.69) is 0 Å². The predicted octanol–water partition coefficient (Wildman–Crippen LogP) is 1.10. The Morgan fingerprint density at radius 2 is 1.26 bits per heavy atom. The highest BCUT2D eigenvalue weighted by atomic mass is 16.6. The molecule has 2 N–H and O–H groups in total. The van der Waals surface area contributed by atoms with Gasteiger partial charge in [-0.3, -0.25) is 0 Å². The first-order chi connectivity index (χ1) is 12.8. The van der Waals surface area contributed by atoms with Crippen molar-refractivity contribution in [1.82, 2.24) is 0 Å². The minimum absolute atomic E-state index is 0.0242. The largest absolute Gasteiger partial charge is 0.392 e. The third-order valence-electron chi connectivity index (χ3n) is 6.43. The molecule has 7 nitrogen and oxygen atoms in total. The number of rotatable bonds is 8. The molecule has 0 aromatic rings. The number of methoxy groups -OCH3 is 2. The fourth-order valence-electron chi connectivity index (χ4n) is 4.39. The monoisotopic (exact) mass is 390 g/mol. The predicted molar refractivity (Wildman–Crippen MR) is 101 cm³/mol. The number of aliphatic hydroxyl groups is 2. The van der Waals surface area contributed by atoms with Crippen LogP contribution in [0.15, 0.2) is 0 Å². The third kappa shape index (κ3) is 5.41. The smallest absolute Gasteiger partial charge is 0.107 e. The summed E-state index contributed by atoms with van der Waals surface area (Å²) >= 11 is 0. The van der Waals surface area contributed by atoms with Gasteiger partial charge >= 0.3 is 0 Å². The summed E-state index contributed by atoms with van der Waals surface area (Å²) in [6.45, 7) is 9.76. The summed E-state index contributed by atoms with van der Waals surface area (Å²) in [6, 6.07) is 0. The second kappa shape index (κ2) is 10.5. The van der Waals surface area contributed by atoms with Crippen molar-refractivity contribution in [3.05, 3.63) is 0 Å². The maximum absolute atomic E-state index is 10.6. The molecular weight excluding hydrogens is 352 g/mol. The highest BCUT2D eigenvalue weighted by Crippen LogP contribution is 2.33. The van der Waals surface area contributed by atoms with Gasteiger partial charge in [0.1, 0.15) is 6.10 Å². The van der Waals surface area contributed by atoms with Crippen molar-refractivity contribution in [1.29, 1.82) is 0 Å². The lowest BCUT2D eigenvalue weighted by atomic mass is 9.81. The molecule has 2 saturated heterocycles. The average molecular weight is 391 g/mol. The molecule has 2 aliphatic rings. The highest BCUT2D eigenvalue weighted by Gasteiger charge is 2.43. The van der Waals surface area contributed by atoms with Gasteiger partial charge in [-0.05, 0) is 19.8 Å². The fourth-order valence-corrected chi connectivity index (χ4v) is 4.39. The van der Waals surface area contributed by atoms with Crippen molar-refractivity contribution in [3.63, 3.8) is 0 Å². The molecule has 2 rings (SSSR count). The number of ether oxygens (including phenoxy) is 5. The van der Waals surface area contributed by atoms with Crippen LogP contribution in [0.1, 0.15) is 27.7 Å². The van der Waals surface area contributed by atoms with Gasteiger partial charge < -0.3 is 33.9 Å². The lowest BCUT2D eigenvalue weighted by Crippen LogP contribution is -2.53. The van der Waals surface area contributed by atoms with E-state index in [1.54, 1.807) is 14.2 Å². The van der Waals surface area contributed by atoms with Crippen LogP contribution < -0.4 is 0 Å². The molecular formula is C20H38O7. The minimum atomic E-state index is -0.573. The molecule has 27 heavy (non-hydrogen) atoms. The Bertz CT molecular complexity index is 435. The molecule has 0 spiro atoms. The number of hydrogen-bond donors (Lipinski definition) is 2. The molecule has 0 radical (unpaired) electrons. The Balaban J connectivity index is 1.85. The van der Waals surface area contributed by atoms with Crippen LogP contribution in [0.3, 0.4) is 0 Å². The van der Waals surface area contributed by atoms with E-state index in [9.17, 15) is 10.2 Å². The van der Waals surface area contributed by atoms with E-state index in [1.807, 2.05) is 27.7 Å². The second-order valence-electron chi connectivity index (χ2n) is 8.23. The normalized spacial score (nSPS) is 45.8. The SMILES string of the molecule is COCC1OC(C)C(COCC2OC(C)C(COC)C(O)C2C)C(C)C1O. The summed E-state index contributed by atoms with van der Waals surface area (Å²) in [5.74, 6) is 0.0844. The molecule has 0 aromatic heterocycles. The zero-order chi connectivity index (χ0) is 20.1. The minimum Gasteiger partial charge on any atom is -0.392 e. The van der Waals surface area contributed by atoms with Crippen molar-refractivity contribution in [2.45, 2.75) is 64.3 Å². The number of hydrogen-bond acceptors (Lipinski definition) is 7. The van der Waals surface area contributed by atoms with Gasteiger partial charge in [-0.2, -0.15) is 0 Å². The summed E-state index contributed by atoms with van der Waals surface area (Å²) in [5, 5.41) is 21.0. The Morgan fingerprint density at radius 3 is 1.89 bits per heavy atom. The first-order valence-electron chi connectivity index (χ1n) is 10.0. The zero-order valence-electron chi connectivity index (χ0n) is 17.5. The van der Waals surface area contributed by atoms with E-state index in [0.29, 0.717) is 26.4 Å². The van der Waals surface area contributed by atoms with Crippen LogP contribution in [0.4, 0.5) is 0 Å². The molecule has 2 heterocycles. The molecule has 0 amide bonds. The van der Waals surface area contributed by atoms with Gasteiger partial charge in [0, 0.05) is 32.0 Å². The first kappa shape index (κ1) is 23.0. The van der Waals surface area contributed by atoms with E-state index in [0.717, 1.165) is 0 Å². The Hall–Kier alpha value is -0.280. The van der Waals surface area contributed by atoms with Gasteiger partial charge in [-0.15, -0.1) is 0 Å². The molecule has 0 aliphatic carbocycles. The standard InChI is InChI=1S/C20H38O7/c1-11-15(13(3)27-18(9-24-6)20(11)22)8-25-10-17-12(2)19(21)16(7-23-5)14(4)26-17/h11-22H,7-10H2,1-6H3. The van der Waals surface area contributed by atoms with Gasteiger partial charge in [0.2, 0.25) is 0 Å². The molecule has 10 atom stereocenters. The molecule has 0 bridgehead atoms. The Kier molecular flexibility index (Phi) is 8.93. The van der Waals surface area contributed by atoms with Gasteiger partial charge in [0.05, 0.1) is 56.9 Å². The molecule has 0 saturated carbocycles. The van der Waals surface area contributed by atoms with Crippen LogP contribution in [0, 0.1) is 23.7 Å². The van der Waals surface area contributed by atoms with Gasteiger partial charge in [-0.1, -0.05) is 13.8 Å². The van der Waals surface area contributed by atoms with Crippen molar-refractivity contribution in [2.75, 3.05) is 40.6 Å². The van der Waals surface area contributed by atoms with Crippen LogP contribution in [0.25, 0.3) is 0 Å². The topological polar surface area (TPSA) is 86.6 Å². The van der Waals surface area contributed by atoms with Crippen molar-refractivity contribution in [2.24, 2.45) is 23.7 Å². The van der Waals surface area contributed by atoms with Gasteiger partial charge in [0.25, 0.3) is 0 Å². The maximum atomic E-state index is 10.6. The fraction of sp³-hybridized carbons (Fsp3) is 1.00. The van der Waals surface area contributed by atoms with Crippen LogP contribution in [0.2, 0.25) is 0 Å². The van der Waals surface area contributed by atoms with E-state index in [-0.39, 0.29) is 48.1 Å². The van der Waals surface area contributed by atoms with Crippen molar-refractivity contribution in [3.8, 4) is 0 Å². The van der Waals surface area contributed by atoms with E-state index in [1.165, 1.54) is 0 Å². The molecule has 2 fully saturated rings. The Labute approximate surface area is 163 Å². The average Bonchev–Trinajstić information content (AvgIpc) is 2.63. The lowest BCUT2D eigenvalue weighted by Gasteiger charge is -2.44. The maximum Gasteiger partial charge on any atom is 0.107 e. The van der Waals surface area contributed by atoms with E-state index >= 15 is 0 Å². The van der Waals surface area contributed by atoms with Crippen LogP contribution in [-0.4, -0.2) is 87.5 Å². The van der Waals surface area contributed by atoms with Gasteiger partial charge in [-0.25, -0.2) is 0 Å². The van der Waals surface area contributed by atoms with Crippen LogP contribution in [-0.2, 0) is 23.7 Å². The second-order valence-corrected chi connectivity index (χ2v) is 8.23. The molecule has 10 unspecified atom stereocenters. The quantitative estimate of drug-likeness (QED) is 0.642. The van der Waals surface area contributed by atoms with Crippen molar-refractivity contribution < 1.29 is 33.9 Å². The summed E-state index contributed by atoms with van der Waals surface area (Å²) in [5.41, 5.74) is 0. The summed E-state index contributed by atoms with van der Waals surface area (Å²) in [4.78, 5) is 0. The Morgan fingerprint density at radius 1 is 0.667 bits per heavy atom. The summed E-state index contributed by atoms with van der Waals surface area (Å²) in [6.07, 6.45) is -1.62. The summed E-state index contributed by atoms with van der Waals surface area (Å²) < 4.78 is 28.3. The molecule has 0 aromatic carbocycles. The van der Waals surface area contributed by atoms with E-state index < -0.39 is 12.2 Å². The van der Waals surface area contributed by atoms with Gasteiger partial charge in [0.15, 0.2) is 0 Å². The zero-order valence-corrected chi connectivity index (χ0v) is 17.5. The summed E-state index contributed by atoms with van der Waals surface area (Å²) in [7, 11) is 3.25. The van der Waals surface area contributed by atoms with E-state index in [4.69, 9.17) is 23.7 Å². The van der Waals surface area contributed by atoms with Crippen molar-refractivity contribution >= 4 is 0 Å². The molecule has 7 heteroatoms. The molecule has 160 valence electrons. The molecule has 2 aliphatic heterocycles. The number of aliphatic hydroxyl groups excluding tert-OH is 2. The van der Waals surface area contributed by atoms with Crippen LogP contribution in [0.5, 0.6) is 0 Å². The third-order valence-corrected chi connectivity index (χ3v) is 6.43. The highest BCUT2D eigenvalue weighted by molar-refractivity contribution is 4.90.